The van der Waals surface area contributed by atoms with Crippen molar-refractivity contribution in [3.05, 3.63) is 35.4 Å². The summed E-state index contributed by atoms with van der Waals surface area (Å²) in [7, 11) is 1.93. The molecule has 1 N–H and O–H groups in total. The highest BCUT2D eigenvalue weighted by atomic mass is 16.2. The van der Waals surface area contributed by atoms with E-state index in [1.807, 2.05) is 30.1 Å². The third-order valence-corrected chi connectivity index (χ3v) is 3.96. The molecule has 3 heteroatoms. The largest absolute Gasteiger partial charge is 0.345 e. The number of aryl methyl sites for hydroxylation is 1. The summed E-state index contributed by atoms with van der Waals surface area (Å²) in [6.07, 6.45) is 2.97. The Morgan fingerprint density at radius 3 is 2.89 bits per heavy atom. The molecule has 0 saturated carbocycles. The topological polar surface area (TPSA) is 32.3 Å². The van der Waals surface area contributed by atoms with Crippen LogP contribution in [0.25, 0.3) is 0 Å². The van der Waals surface area contributed by atoms with Crippen LogP contribution in [0.4, 0.5) is 0 Å². The van der Waals surface area contributed by atoms with Gasteiger partial charge in [0.25, 0.3) is 0 Å². The first-order valence-corrected chi connectivity index (χ1v) is 7.16. The molecule has 1 unspecified atom stereocenters. The lowest BCUT2D eigenvalue weighted by molar-refractivity contribution is -0.129. The number of benzene rings is 1. The minimum Gasteiger partial charge on any atom is -0.345 e. The van der Waals surface area contributed by atoms with Crippen LogP contribution in [0.2, 0.25) is 0 Å². The molecule has 1 heterocycles. The van der Waals surface area contributed by atoms with E-state index in [0.29, 0.717) is 12.3 Å². The summed E-state index contributed by atoms with van der Waals surface area (Å²) in [6.45, 7) is 5.10. The monoisotopic (exact) mass is 260 g/mol. The average molecular weight is 260 g/mol. The molecule has 1 aliphatic rings. The van der Waals surface area contributed by atoms with E-state index >= 15 is 0 Å². The van der Waals surface area contributed by atoms with Crippen molar-refractivity contribution in [2.75, 3.05) is 26.7 Å². The number of carbonyl (C=O) groups excluding carboxylic acids is 1. The second-order valence-corrected chi connectivity index (χ2v) is 5.59. The summed E-state index contributed by atoms with van der Waals surface area (Å²) in [5, 5.41) is 3.40. The summed E-state index contributed by atoms with van der Waals surface area (Å²) >= 11 is 0. The molecule has 1 aromatic rings. The number of nitrogens with one attached hydrogen (secondary N) is 1. The Morgan fingerprint density at radius 1 is 1.42 bits per heavy atom. The highest BCUT2D eigenvalue weighted by molar-refractivity contribution is 5.78. The fourth-order valence-corrected chi connectivity index (χ4v) is 2.68. The average Bonchev–Trinajstić information content (AvgIpc) is 2.42. The first-order valence-electron chi connectivity index (χ1n) is 7.16. The summed E-state index contributed by atoms with van der Waals surface area (Å²) in [6, 6.07) is 8.12. The van der Waals surface area contributed by atoms with Gasteiger partial charge in [0.05, 0.1) is 6.42 Å². The van der Waals surface area contributed by atoms with Crippen molar-refractivity contribution in [1.82, 2.24) is 10.2 Å². The third kappa shape index (κ3) is 4.06. The van der Waals surface area contributed by atoms with Crippen molar-refractivity contribution < 1.29 is 4.79 Å². The predicted molar refractivity (Wildman–Crippen MR) is 78.1 cm³/mol. The van der Waals surface area contributed by atoms with Gasteiger partial charge in [-0.3, -0.25) is 4.79 Å². The number of hydrogen-bond acceptors (Lipinski definition) is 2. The van der Waals surface area contributed by atoms with Gasteiger partial charge in [0.1, 0.15) is 0 Å². The Hall–Kier alpha value is -1.35. The first-order chi connectivity index (χ1) is 9.16. The zero-order valence-corrected chi connectivity index (χ0v) is 12.0. The molecule has 0 spiro atoms. The second kappa shape index (κ2) is 6.71. The summed E-state index contributed by atoms with van der Waals surface area (Å²) in [5.74, 6) is 0.833. The van der Waals surface area contributed by atoms with Gasteiger partial charge in [0.2, 0.25) is 5.91 Å². The Labute approximate surface area is 116 Å². The number of piperidine rings is 1. The van der Waals surface area contributed by atoms with Gasteiger partial charge in [-0.15, -0.1) is 0 Å². The van der Waals surface area contributed by atoms with Crippen LogP contribution in [0.1, 0.15) is 24.0 Å². The maximum atomic E-state index is 12.2. The van der Waals surface area contributed by atoms with Crippen molar-refractivity contribution in [1.29, 1.82) is 0 Å². The first kappa shape index (κ1) is 14.1. The summed E-state index contributed by atoms with van der Waals surface area (Å²) < 4.78 is 0. The maximum absolute atomic E-state index is 12.2. The number of rotatable bonds is 4. The molecule has 3 nitrogen and oxygen atoms in total. The van der Waals surface area contributed by atoms with Crippen molar-refractivity contribution in [2.45, 2.75) is 26.2 Å². The number of likely N-dealkylation sites (N-methyl/N-ethyl adjacent to an activating group) is 1. The van der Waals surface area contributed by atoms with E-state index in [1.165, 1.54) is 18.4 Å². The lowest BCUT2D eigenvalue weighted by atomic mass is 9.99. The van der Waals surface area contributed by atoms with Crippen molar-refractivity contribution in [2.24, 2.45) is 5.92 Å². The summed E-state index contributed by atoms with van der Waals surface area (Å²) in [5.41, 5.74) is 2.34. The molecule has 0 aliphatic carbocycles. The molecule has 1 aromatic carbocycles. The van der Waals surface area contributed by atoms with Crippen molar-refractivity contribution in [3.8, 4) is 0 Å². The van der Waals surface area contributed by atoms with Crippen LogP contribution >= 0.6 is 0 Å². The maximum Gasteiger partial charge on any atom is 0.226 e. The predicted octanol–water partition coefficient (Wildman–Crippen LogP) is 2.00. The van der Waals surface area contributed by atoms with Gasteiger partial charge in [-0.1, -0.05) is 24.3 Å². The van der Waals surface area contributed by atoms with Gasteiger partial charge < -0.3 is 10.2 Å². The number of hydrogen-bond donors (Lipinski definition) is 1. The highest BCUT2D eigenvalue weighted by Crippen LogP contribution is 2.13. The van der Waals surface area contributed by atoms with Crippen LogP contribution < -0.4 is 5.32 Å². The molecule has 104 valence electrons. The normalized spacial score (nSPS) is 19.2. The van der Waals surface area contributed by atoms with Crippen LogP contribution in [0, 0.1) is 12.8 Å². The Bertz CT molecular complexity index is 425. The van der Waals surface area contributed by atoms with Crippen LogP contribution in [-0.4, -0.2) is 37.5 Å². The minimum absolute atomic E-state index is 0.222. The molecule has 0 radical (unpaired) electrons. The zero-order valence-electron chi connectivity index (χ0n) is 12.0. The van der Waals surface area contributed by atoms with E-state index in [-0.39, 0.29) is 5.91 Å². The van der Waals surface area contributed by atoms with Crippen molar-refractivity contribution in [3.63, 3.8) is 0 Å². The smallest absolute Gasteiger partial charge is 0.226 e. The quantitative estimate of drug-likeness (QED) is 0.898. The van der Waals surface area contributed by atoms with E-state index in [2.05, 4.69) is 18.3 Å². The van der Waals surface area contributed by atoms with Crippen LogP contribution in [0.3, 0.4) is 0 Å². The zero-order chi connectivity index (χ0) is 13.7. The molecule has 1 amide bonds. The lowest BCUT2D eigenvalue weighted by Crippen LogP contribution is -2.39. The van der Waals surface area contributed by atoms with Crippen LogP contribution in [0.15, 0.2) is 24.3 Å². The Kier molecular flexibility index (Phi) is 4.97. The van der Waals surface area contributed by atoms with E-state index in [1.54, 1.807) is 0 Å². The molecule has 19 heavy (non-hydrogen) atoms. The van der Waals surface area contributed by atoms with E-state index in [0.717, 1.165) is 25.2 Å². The molecule has 2 rings (SSSR count). The van der Waals surface area contributed by atoms with E-state index < -0.39 is 0 Å². The van der Waals surface area contributed by atoms with Crippen LogP contribution in [-0.2, 0) is 11.2 Å². The molecular formula is C16H24N2O. The Morgan fingerprint density at radius 2 is 2.21 bits per heavy atom. The standard InChI is InChI=1S/C16H24N2O/c1-13-6-3-4-8-15(13)10-16(19)18(2)12-14-7-5-9-17-11-14/h3-4,6,8,14,17H,5,7,9-12H2,1-2H3. The lowest BCUT2D eigenvalue weighted by Gasteiger charge is -2.27. The van der Waals surface area contributed by atoms with Gasteiger partial charge in [-0.05, 0) is 49.9 Å². The summed E-state index contributed by atoms with van der Waals surface area (Å²) in [4.78, 5) is 14.1. The van der Waals surface area contributed by atoms with Gasteiger partial charge >= 0.3 is 0 Å². The van der Waals surface area contributed by atoms with E-state index in [9.17, 15) is 4.79 Å². The minimum atomic E-state index is 0.222. The fourth-order valence-electron chi connectivity index (χ4n) is 2.68. The fraction of sp³-hybridized carbons (Fsp3) is 0.562. The number of amides is 1. The molecule has 0 bridgehead atoms. The number of nitrogens with zero attached hydrogens (tertiary/aromatic N) is 1. The Balaban J connectivity index is 1.87. The molecule has 0 aromatic heterocycles. The molecule has 1 atom stereocenters. The third-order valence-electron chi connectivity index (χ3n) is 3.96. The number of carbonyl (C=O) groups is 1. The SMILES string of the molecule is Cc1ccccc1CC(=O)N(C)CC1CCCNC1. The molecule has 1 aliphatic heterocycles. The van der Waals surface area contributed by atoms with Gasteiger partial charge in [-0.2, -0.15) is 0 Å². The van der Waals surface area contributed by atoms with Gasteiger partial charge in [-0.25, -0.2) is 0 Å². The van der Waals surface area contributed by atoms with E-state index in [4.69, 9.17) is 0 Å². The second-order valence-electron chi connectivity index (χ2n) is 5.59. The highest BCUT2D eigenvalue weighted by Gasteiger charge is 2.18. The molecule has 1 saturated heterocycles. The molecular weight excluding hydrogens is 236 g/mol. The van der Waals surface area contributed by atoms with Crippen molar-refractivity contribution >= 4 is 5.91 Å². The van der Waals surface area contributed by atoms with Crippen LogP contribution in [0.5, 0.6) is 0 Å². The van der Waals surface area contributed by atoms with Gasteiger partial charge in [0, 0.05) is 13.6 Å². The molecule has 1 fully saturated rings. The van der Waals surface area contributed by atoms with Gasteiger partial charge in [0.15, 0.2) is 0 Å².